The molecule has 1 fully saturated rings. The number of thiazole rings is 1. The summed E-state index contributed by atoms with van der Waals surface area (Å²) in [5.74, 6) is -1.49. The van der Waals surface area contributed by atoms with Crippen molar-refractivity contribution in [3.8, 4) is 0 Å². The van der Waals surface area contributed by atoms with Gasteiger partial charge in [-0.1, -0.05) is 60.3 Å². The van der Waals surface area contributed by atoms with Crippen molar-refractivity contribution < 1.29 is 19.5 Å². The number of hydrogen-bond acceptors (Lipinski definition) is 6. The summed E-state index contributed by atoms with van der Waals surface area (Å²) in [6.45, 7) is 0.111. The number of fused-ring (bicyclic) bond motifs is 1. The van der Waals surface area contributed by atoms with Crippen LogP contribution in [0.2, 0.25) is 10.0 Å². The summed E-state index contributed by atoms with van der Waals surface area (Å²) in [5, 5.41) is 13.6. The van der Waals surface area contributed by atoms with Crippen LogP contribution >= 0.6 is 34.5 Å². The van der Waals surface area contributed by atoms with E-state index in [1.165, 1.54) is 11.3 Å². The average molecular weight is 546 g/mol. The van der Waals surface area contributed by atoms with Gasteiger partial charge in [0.05, 0.1) is 35.3 Å². The quantitative estimate of drug-likeness (QED) is 0.411. The smallest absolute Gasteiger partial charge is 0.255 e. The lowest BCUT2D eigenvalue weighted by Gasteiger charge is -2.48. The summed E-state index contributed by atoms with van der Waals surface area (Å²) in [5.41, 5.74) is 6.55. The van der Waals surface area contributed by atoms with Crippen molar-refractivity contribution in [3.05, 3.63) is 85.8 Å². The van der Waals surface area contributed by atoms with Crippen molar-refractivity contribution in [2.24, 2.45) is 0 Å². The minimum Gasteiger partial charge on any atom is -0.391 e. The van der Waals surface area contributed by atoms with Gasteiger partial charge < -0.3 is 10.0 Å². The Hall–Kier alpha value is -2.49. The maximum atomic E-state index is 13.9. The third-order valence-electron chi connectivity index (χ3n) is 6.87. The molecular weight excluding hydrogens is 521 g/mol. The summed E-state index contributed by atoms with van der Waals surface area (Å²) in [7, 11) is 0. The predicted octanol–water partition coefficient (Wildman–Crippen LogP) is 5.28. The van der Waals surface area contributed by atoms with Gasteiger partial charge in [-0.2, -0.15) is 0 Å². The second-order valence-corrected chi connectivity index (χ2v) is 10.6. The number of benzene rings is 2. The molecule has 2 aliphatic rings. The van der Waals surface area contributed by atoms with Crippen LogP contribution in [0.1, 0.15) is 64.8 Å². The molecule has 2 amide bonds. The topological polar surface area (TPSA) is 91.8 Å². The Morgan fingerprint density at radius 1 is 1.17 bits per heavy atom. The van der Waals surface area contributed by atoms with Crippen molar-refractivity contribution in [2.45, 2.75) is 56.4 Å². The average Bonchev–Trinajstić information content (AvgIpc) is 3.38. The molecule has 0 bridgehead atoms. The predicted molar refractivity (Wildman–Crippen MR) is 138 cm³/mol. The van der Waals surface area contributed by atoms with E-state index in [4.69, 9.17) is 28.0 Å². The Morgan fingerprint density at radius 3 is 2.72 bits per heavy atom. The van der Waals surface area contributed by atoms with Gasteiger partial charge in [0, 0.05) is 21.0 Å². The van der Waals surface area contributed by atoms with Gasteiger partial charge in [-0.05, 0) is 42.2 Å². The van der Waals surface area contributed by atoms with Gasteiger partial charge >= 0.3 is 0 Å². The molecule has 2 N–H and O–H groups in total. The Balaban J connectivity index is 1.59. The molecule has 36 heavy (non-hydrogen) atoms. The highest BCUT2D eigenvalue weighted by Crippen LogP contribution is 2.47. The third kappa shape index (κ3) is 4.88. The SMILES string of the molecule is O=C(NOCc1cscn1)[C@@H]1c2ccccc2C(=O)N([C@H]2CCCC[C@@H]2O)[C@H]1c1ccc(Cl)cc1Cl. The van der Waals surface area contributed by atoms with Crippen molar-refractivity contribution in [2.75, 3.05) is 0 Å². The number of aliphatic hydroxyl groups excluding tert-OH is 1. The van der Waals surface area contributed by atoms with Gasteiger partial charge in [-0.25, -0.2) is 10.5 Å². The van der Waals surface area contributed by atoms with Crippen LogP contribution in [0.4, 0.5) is 0 Å². The van der Waals surface area contributed by atoms with Crippen LogP contribution in [-0.4, -0.2) is 39.0 Å². The molecule has 1 saturated carbocycles. The van der Waals surface area contributed by atoms with E-state index in [0.717, 1.165) is 12.8 Å². The second-order valence-electron chi connectivity index (χ2n) is 9.04. The lowest BCUT2D eigenvalue weighted by molar-refractivity contribution is -0.138. The molecule has 10 heteroatoms. The van der Waals surface area contributed by atoms with Gasteiger partial charge in [-0.3, -0.25) is 14.4 Å². The summed E-state index contributed by atoms with van der Waals surface area (Å²) in [6.07, 6.45) is 2.28. The number of rotatable bonds is 6. The maximum absolute atomic E-state index is 13.9. The molecule has 1 aromatic heterocycles. The lowest BCUT2D eigenvalue weighted by atomic mass is 9.77. The van der Waals surface area contributed by atoms with E-state index < -0.39 is 30.0 Å². The molecule has 3 aromatic rings. The van der Waals surface area contributed by atoms with E-state index >= 15 is 0 Å². The number of aromatic nitrogens is 1. The molecule has 0 unspecified atom stereocenters. The number of hydrogen-bond donors (Lipinski definition) is 2. The molecule has 0 saturated heterocycles. The minimum absolute atomic E-state index is 0.111. The van der Waals surface area contributed by atoms with Gasteiger partial charge in [0.2, 0.25) is 0 Å². The Bertz CT molecular complexity index is 1260. The van der Waals surface area contributed by atoms with Crippen LogP contribution < -0.4 is 5.48 Å². The summed E-state index contributed by atoms with van der Waals surface area (Å²) in [6, 6.07) is 10.9. The Labute approximate surface area is 223 Å². The van der Waals surface area contributed by atoms with E-state index in [9.17, 15) is 14.7 Å². The molecule has 2 heterocycles. The molecule has 1 aliphatic carbocycles. The van der Waals surface area contributed by atoms with E-state index in [-0.39, 0.29) is 12.5 Å². The number of carbonyl (C=O) groups is 2. The van der Waals surface area contributed by atoms with Gasteiger partial charge in [0.25, 0.3) is 11.8 Å². The number of nitrogens with zero attached hydrogens (tertiary/aromatic N) is 2. The Kier molecular flexibility index (Phi) is 7.60. The molecule has 0 radical (unpaired) electrons. The minimum atomic E-state index is -0.831. The molecule has 2 aromatic carbocycles. The van der Waals surface area contributed by atoms with E-state index in [2.05, 4.69) is 10.5 Å². The van der Waals surface area contributed by atoms with Gasteiger partial charge in [0.15, 0.2) is 0 Å². The maximum Gasteiger partial charge on any atom is 0.255 e. The normalized spacial score (nSPS) is 23.9. The number of aliphatic hydroxyl groups is 1. The molecule has 5 rings (SSSR count). The molecular formula is C26H25Cl2N3O4S. The summed E-state index contributed by atoms with van der Waals surface area (Å²) < 4.78 is 0. The van der Waals surface area contributed by atoms with E-state index in [1.807, 2.05) is 5.38 Å². The second kappa shape index (κ2) is 10.9. The van der Waals surface area contributed by atoms with E-state index in [1.54, 1.807) is 52.9 Å². The first-order valence-electron chi connectivity index (χ1n) is 11.8. The highest BCUT2D eigenvalue weighted by molar-refractivity contribution is 7.07. The Morgan fingerprint density at radius 2 is 1.97 bits per heavy atom. The first kappa shape index (κ1) is 25.2. The van der Waals surface area contributed by atoms with Crippen molar-refractivity contribution in [3.63, 3.8) is 0 Å². The van der Waals surface area contributed by atoms with Crippen LogP contribution in [0.25, 0.3) is 0 Å². The third-order valence-corrected chi connectivity index (χ3v) is 8.07. The van der Waals surface area contributed by atoms with Crippen LogP contribution in [0.15, 0.2) is 53.4 Å². The molecule has 4 atom stereocenters. The van der Waals surface area contributed by atoms with Crippen molar-refractivity contribution in [1.29, 1.82) is 0 Å². The zero-order chi connectivity index (χ0) is 25.2. The molecule has 188 valence electrons. The zero-order valence-electron chi connectivity index (χ0n) is 19.3. The fourth-order valence-corrected chi connectivity index (χ4v) is 6.30. The number of amides is 2. The number of halogens is 2. The lowest BCUT2D eigenvalue weighted by Crippen LogP contribution is -2.55. The highest BCUT2D eigenvalue weighted by Gasteiger charge is 2.49. The van der Waals surface area contributed by atoms with E-state index in [0.29, 0.717) is 45.3 Å². The largest absolute Gasteiger partial charge is 0.391 e. The van der Waals surface area contributed by atoms with Gasteiger partial charge in [-0.15, -0.1) is 11.3 Å². The zero-order valence-corrected chi connectivity index (χ0v) is 21.6. The highest BCUT2D eigenvalue weighted by atomic mass is 35.5. The fourth-order valence-electron chi connectivity index (χ4n) is 5.24. The molecule has 1 aliphatic heterocycles. The first-order chi connectivity index (χ1) is 17.5. The standard InChI is InChI=1S/C26H25Cl2N3O4S/c27-15-9-10-19(20(28)11-15)24-23(25(33)30-35-12-16-13-36-14-29-16)17-5-1-2-6-18(17)26(34)31(24)21-7-3-4-8-22(21)32/h1-2,5-6,9-11,13-14,21-24,32H,3-4,7-8,12H2,(H,30,33)/t21-,22-,23+,24-/m0/s1. The summed E-state index contributed by atoms with van der Waals surface area (Å²) >= 11 is 14.3. The fraction of sp³-hybridized carbons (Fsp3) is 0.346. The monoisotopic (exact) mass is 545 g/mol. The van der Waals surface area contributed by atoms with Crippen LogP contribution in [0.5, 0.6) is 0 Å². The van der Waals surface area contributed by atoms with Crippen LogP contribution in [0, 0.1) is 0 Å². The van der Waals surface area contributed by atoms with Crippen LogP contribution in [0.3, 0.4) is 0 Å². The van der Waals surface area contributed by atoms with Crippen molar-refractivity contribution >= 4 is 46.4 Å². The molecule has 0 spiro atoms. The molecule has 7 nitrogen and oxygen atoms in total. The van der Waals surface area contributed by atoms with Crippen LogP contribution in [-0.2, 0) is 16.2 Å². The number of hydroxylamine groups is 1. The van der Waals surface area contributed by atoms with Gasteiger partial charge in [0.1, 0.15) is 6.61 Å². The van der Waals surface area contributed by atoms with Crippen molar-refractivity contribution in [1.82, 2.24) is 15.4 Å². The number of carbonyl (C=O) groups excluding carboxylic acids is 2. The summed E-state index contributed by atoms with van der Waals surface area (Å²) in [4.78, 5) is 39.0. The number of nitrogens with one attached hydrogen (secondary N) is 1. The first-order valence-corrected chi connectivity index (χ1v) is 13.5.